The summed E-state index contributed by atoms with van der Waals surface area (Å²) in [6.07, 6.45) is -6.03. The van der Waals surface area contributed by atoms with Crippen LogP contribution in [-0.4, -0.2) is 70.5 Å². The standard InChI is InChI=1S/C28H31F4N2O3PS/c1-34-13-12-22(21(29)17-34)33-23-8-5-7-19-20(16-28(30,31)32)26(39-27(19)23)9-6-14-37-24-11-10-18(38(3,4)35)15-25(24)36-2/h5,7-8,10-11,15,21-22,33H,12-14,16-17H2,1-4H3. The van der Waals surface area contributed by atoms with Gasteiger partial charge in [0.2, 0.25) is 0 Å². The van der Waals surface area contributed by atoms with Gasteiger partial charge in [-0.25, -0.2) is 4.39 Å². The molecule has 0 bridgehead atoms. The third kappa shape index (κ3) is 7.27. The van der Waals surface area contributed by atoms with E-state index in [1.807, 2.05) is 11.9 Å². The zero-order chi connectivity index (χ0) is 28.4. The quantitative estimate of drug-likeness (QED) is 0.206. The number of anilines is 1. The average molecular weight is 583 g/mol. The number of halogens is 4. The molecule has 0 amide bonds. The van der Waals surface area contributed by atoms with E-state index in [0.29, 0.717) is 50.4 Å². The number of nitrogens with zero attached hydrogens (tertiary/aromatic N) is 1. The van der Waals surface area contributed by atoms with Crippen LogP contribution in [0.4, 0.5) is 23.2 Å². The van der Waals surface area contributed by atoms with Gasteiger partial charge >= 0.3 is 6.18 Å². The number of benzene rings is 2. The molecule has 5 nitrogen and oxygen atoms in total. The highest BCUT2D eigenvalue weighted by Gasteiger charge is 2.32. The molecular weight excluding hydrogens is 551 g/mol. The van der Waals surface area contributed by atoms with E-state index in [0.717, 1.165) is 17.9 Å². The Balaban J connectivity index is 1.60. The third-order valence-corrected chi connectivity index (χ3v) is 9.27. The molecule has 1 aliphatic rings. The first-order chi connectivity index (χ1) is 18.4. The van der Waals surface area contributed by atoms with E-state index in [9.17, 15) is 22.1 Å². The number of hydrogen-bond acceptors (Lipinski definition) is 6. The van der Waals surface area contributed by atoms with Crippen molar-refractivity contribution in [2.24, 2.45) is 0 Å². The third-order valence-electron chi connectivity index (χ3n) is 6.55. The molecule has 1 saturated heterocycles. The average Bonchev–Trinajstić information content (AvgIpc) is 3.19. The highest BCUT2D eigenvalue weighted by molar-refractivity contribution is 7.70. The normalized spacial score (nSPS) is 18.5. The number of hydrogen-bond donors (Lipinski definition) is 1. The van der Waals surface area contributed by atoms with E-state index in [1.165, 1.54) is 7.11 Å². The van der Waals surface area contributed by atoms with Gasteiger partial charge in [0.1, 0.15) is 19.9 Å². The molecule has 1 aliphatic heterocycles. The number of nitrogens with one attached hydrogen (secondary N) is 1. The SMILES string of the molecule is COc1cc(P(C)(C)=O)ccc1OCC#Cc1sc2c(NC3CCN(C)CC3F)cccc2c1CC(F)(F)F. The zero-order valence-electron chi connectivity index (χ0n) is 22.2. The Hall–Kier alpha value is -2.73. The summed E-state index contributed by atoms with van der Waals surface area (Å²) in [4.78, 5) is 2.21. The van der Waals surface area contributed by atoms with Crippen LogP contribution in [0.5, 0.6) is 11.5 Å². The van der Waals surface area contributed by atoms with E-state index >= 15 is 0 Å². The largest absolute Gasteiger partial charge is 0.493 e. The minimum Gasteiger partial charge on any atom is -0.493 e. The van der Waals surface area contributed by atoms with Crippen molar-refractivity contribution in [3.63, 3.8) is 0 Å². The molecule has 0 spiro atoms. The molecule has 0 radical (unpaired) electrons. The first-order valence-electron chi connectivity index (χ1n) is 12.4. The lowest BCUT2D eigenvalue weighted by molar-refractivity contribution is -0.126. The molecular formula is C28H31F4N2O3PS. The van der Waals surface area contributed by atoms with Crippen LogP contribution in [0.1, 0.15) is 16.9 Å². The molecule has 3 aromatic rings. The van der Waals surface area contributed by atoms with Crippen LogP contribution in [0.15, 0.2) is 36.4 Å². The number of rotatable bonds is 7. The molecule has 2 atom stereocenters. The Morgan fingerprint density at radius 2 is 1.97 bits per heavy atom. The van der Waals surface area contributed by atoms with Crippen molar-refractivity contribution in [1.29, 1.82) is 0 Å². The lowest BCUT2D eigenvalue weighted by Gasteiger charge is -2.33. The van der Waals surface area contributed by atoms with Crippen molar-refractivity contribution in [3.05, 3.63) is 46.8 Å². The van der Waals surface area contributed by atoms with Gasteiger partial charge in [0.05, 0.1) is 34.8 Å². The fourth-order valence-corrected chi connectivity index (χ4v) is 6.55. The summed E-state index contributed by atoms with van der Waals surface area (Å²) in [5, 5.41) is 4.33. The predicted molar refractivity (Wildman–Crippen MR) is 150 cm³/mol. The van der Waals surface area contributed by atoms with Gasteiger partial charge in [-0.1, -0.05) is 24.0 Å². The molecule has 210 valence electrons. The van der Waals surface area contributed by atoms with Crippen LogP contribution in [0.2, 0.25) is 0 Å². The minimum atomic E-state index is -4.42. The van der Waals surface area contributed by atoms with Crippen molar-refractivity contribution in [2.75, 3.05) is 52.5 Å². The predicted octanol–water partition coefficient (Wildman–Crippen LogP) is 6.15. The number of piperidine rings is 1. The smallest absolute Gasteiger partial charge is 0.393 e. The maximum atomic E-state index is 14.7. The van der Waals surface area contributed by atoms with Gasteiger partial charge in [0, 0.05) is 18.4 Å². The Morgan fingerprint density at radius 1 is 1.21 bits per heavy atom. The maximum Gasteiger partial charge on any atom is 0.393 e. The topological polar surface area (TPSA) is 50.8 Å². The van der Waals surface area contributed by atoms with E-state index < -0.39 is 32.0 Å². The lowest BCUT2D eigenvalue weighted by atomic mass is 10.0. The van der Waals surface area contributed by atoms with Crippen LogP contribution in [0, 0.1) is 11.8 Å². The monoisotopic (exact) mass is 582 g/mol. The molecule has 0 saturated carbocycles. The molecule has 4 rings (SSSR count). The fraction of sp³-hybridized carbons (Fsp3) is 0.429. The minimum absolute atomic E-state index is 0.0877. The number of alkyl halides is 4. The van der Waals surface area contributed by atoms with Gasteiger partial charge < -0.3 is 24.3 Å². The van der Waals surface area contributed by atoms with Crippen LogP contribution in [-0.2, 0) is 11.0 Å². The molecule has 0 aliphatic carbocycles. The number of thiophene rings is 1. The van der Waals surface area contributed by atoms with E-state index in [4.69, 9.17) is 9.47 Å². The van der Waals surface area contributed by atoms with Gasteiger partial charge in [0.25, 0.3) is 0 Å². The molecule has 39 heavy (non-hydrogen) atoms. The van der Waals surface area contributed by atoms with Crippen molar-refractivity contribution in [1.82, 2.24) is 4.90 Å². The van der Waals surface area contributed by atoms with Gasteiger partial charge in [-0.2, -0.15) is 13.2 Å². The van der Waals surface area contributed by atoms with E-state index in [1.54, 1.807) is 49.7 Å². The summed E-state index contributed by atoms with van der Waals surface area (Å²) in [6.45, 7) is 4.26. The van der Waals surface area contributed by atoms with Crippen molar-refractivity contribution >= 4 is 39.6 Å². The van der Waals surface area contributed by atoms with Crippen LogP contribution < -0.4 is 20.1 Å². The van der Waals surface area contributed by atoms with Crippen LogP contribution in [0.25, 0.3) is 10.1 Å². The number of ether oxygens (including phenoxy) is 2. The zero-order valence-corrected chi connectivity index (χ0v) is 23.9. The number of likely N-dealkylation sites (tertiary alicyclic amines) is 1. The number of methoxy groups -OCH3 is 1. The molecule has 1 N–H and O–H groups in total. The molecule has 2 aromatic carbocycles. The first-order valence-corrected chi connectivity index (χ1v) is 15.8. The second-order valence-corrected chi connectivity index (χ2v) is 14.2. The van der Waals surface area contributed by atoms with Crippen LogP contribution in [0.3, 0.4) is 0 Å². The summed E-state index contributed by atoms with van der Waals surface area (Å²) >= 11 is 1.16. The van der Waals surface area contributed by atoms with Crippen molar-refractivity contribution in [3.8, 4) is 23.3 Å². The Kier molecular flexibility index (Phi) is 8.85. The molecule has 11 heteroatoms. The Morgan fingerprint density at radius 3 is 2.64 bits per heavy atom. The van der Waals surface area contributed by atoms with Gasteiger partial charge in [-0.05, 0) is 62.0 Å². The second kappa shape index (κ2) is 11.8. The molecule has 1 aromatic heterocycles. The van der Waals surface area contributed by atoms with E-state index in [2.05, 4.69) is 17.2 Å². The highest BCUT2D eigenvalue weighted by Crippen LogP contribution is 2.40. The summed E-state index contributed by atoms with van der Waals surface area (Å²) in [5.41, 5.74) is 0.707. The molecule has 2 heterocycles. The Bertz CT molecular complexity index is 1440. The number of fused-ring (bicyclic) bond motifs is 1. The van der Waals surface area contributed by atoms with Crippen molar-refractivity contribution in [2.45, 2.75) is 31.2 Å². The van der Waals surface area contributed by atoms with Gasteiger partial charge in [-0.15, -0.1) is 11.3 Å². The van der Waals surface area contributed by atoms with E-state index in [-0.39, 0.29) is 12.2 Å². The first kappa shape index (κ1) is 29.3. The summed E-state index contributed by atoms with van der Waals surface area (Å²) in [5.74, 6) is 6.47. The second-order valence-electron chi connectivity index (χ2n) is 9.98. The maximum absolute atomic E-state index is 14.7. The van der Waals surface area contributed by atoms with Crippen LogP contribution >= 0.6 is 18.5 Å². The highest BCUT2D eigenvalue weighted by atomic mass is 32.1. The molecule has 1 fully saturated rings. The fourth-order valence-electron chi connectivity index (χ4n) is 4.52. The summed E-state index contributed by atoms with van der Waals surface area (Å²) in [6, 6.07) is 9.66. The van der Waals surface area contributed by atoms with Gasteiger partial charge in [0.15, 0.2) is 11.5 Å². The lowest BCUT2D eigenvalue weighted by Crippen LogP contribution is -2.46. The summed E-state index contributed by atoms with van der Waals surface area (Å²) < 4.78 is 79.3. The van der Waals surface area contributed by atoms with Gasteiger partial charge in [-0.3, -0.25) is 0 Å². The molecule has 2 unspecified atom stereocenters. The van der Waals surface area contributed by atoms with Crippen molar-refractivity contribution < 1.29 is 31.6 Å². The Labute approximate surface area is 229 Å². The summed E-state index contributed by atoms with van der Waals surface area (Å²) in [7, 11) is 0.839.